The Labute approximate surface area is 136 Å². The quantitative estimate of drug-likeness (QED) is 0.758. The molecule has 1 fully saturated rings. The first-order valence-corrected chi connectivity index (χ1v) is 8.08. The van der Waals surface area contributed by atoms with Crippen molar-refractivity contribution in [3.05, 3.63) is 47.1 Å². The van der Waals surface area contributed by atoms with Crippen LogP contribution in [0.5, 0.6) is 0 Å². The SMILES string of the molecule is N#Cc1c(-c2ccccc2)cc(N2CCCCCC2)nc1Cl. The van der Waals surface area contributed by atoms with E-state index in [1.54, 1.807) is 0 Å². The highest BCUT2D eigenvalue weighted by molar-refractivity contribution is 6.31. The van der Waals surface area contributed by atoms with Crippen LogP contribution in [0.15, 0.2) is 36.4 Å². The van der Waals surface area contributed by atoms with Gasteiger partial charge in [0.15, 0.2) is 0 Å². The Kier molecular flexibility index (Phi) is 4.60. The lowest BCUT2D eigenvalue weighted by atomic mass is 10.0. The van der Waals surface area contributed by atoms with Gasteiger partial charge in [-0.25, -0.2) is 4.98 Å². The molecule has 1 aliphatic rings. The molecule has 0 amide bonds. The molecule has 0 bridgehead atoms. The predicted molar refractivity (Wildman–Crippen MR) is 90.1 cm³/mol. The van der Waals surface area contributed by atoms with Gasteiger partial charge in [-0.3, -0.25) is 0 Å². The molecule has 0 unspecified atom stereocenters. The van der Waals surface area contributed by atoms with Gasteiger partial charge in [-0.1, -0.05) is 54.8 Å². The predicted octanol–water partition coefficient (Wildman–Crippen LogP) is 4.65. The molecule has 0 spiro atoms. The summed E-state index contributed by atoms with van der Waals surface area (Å²) in [5.74, 6) is 0.879. The summed E-state index contributed by atoms with van der Waals surface area (Å²) in [5.41, 5.74) is 2.31. The number of rotatable bonds is 2. The Hall–Kier alpha value is -2.05. The van der Waals surface area contributed by atoms with E-state index in [1.165, 1.54) is 25.7 Å². The molecule has 0 radical (unpaired) electrons. The monoisotopic (exact) mass is 311 g/mol. The van der Waals surface area contributed by atoms with Crippen molar-refractivity contribution in [2.24, 2.45) is 0 Å². The highest BCUT2D eigenvalue weighted by Gasteiger charge is 2.17. The number of aromatic nitrogens is 1. The summed E-state index contributed by atoms with van der Waals surface area (Å²) in [6, 6.07) is 14.1. The van der Waals surface area contributed by atoms with Crippen LogP contribution in [0.25, 0.3) is 11.1 Å². The van der Waals surface area contributed by atoms with Crippen molar-refractivity contribution >= 4 is 17.4 Å². The molecule has 112 valence electrons. The first kappa shape index (κ1) is 14.9. The fraction of sp³-hybridized carbons (Fsp3) is 0.333. The van der Waals surface area contributed by atoms with Gasteiger partial charge in [-0.05, 0) is 24.5 Å². The van der Waals surface area contributed by atoms with Crippen molar-refractivity contribution < 1.29 is 0 Å². The largest absolute Gasteiger partial charge is 0.357 e. The molecule has 3 rings (SSSR count). The van der Waals surface area contributed by atoms with Crippen LogP contribution in [-0.2, 0) is 0 Å². The summed E-state index contributed by atoms with van der Waals surface area (Å²) in [4.78, 5) is 6.75. The Bertz CT molecular complexity index is 683. The molecule has 2 aromatic rings. The second-order valence-electron chi connectivity index (χ2n) is 5.57. The van der Waals surface area contributed by atoms with Crippen molar-refractivity contribution in [3.8, 4) is 17.2 Å². The third kappa shape index (κ3) is 3.08. The van der Waals surface area contributed by atoms with Crippen LogP contribution in [-0.4, -0.2) is 18.1 Å². The third-order valence-corrected chi connectivity index (χ3v) is 4.36. The van der Waals surface area contributed by atoms with E-state index in [9.17, 15) is 5.26 Å². The lowest BCUT2D eigenvalue weighted by Gasteiger charge is -2.22. The van der Waals surface area contributed by atoms with Crippen LogP contribution < -0.4 is 4.90 Å². The lowest BCUT2D eigenvalue weighted by molar-refractivity contribution is 0.726. The van der Waals surface area contributed by atoms with E-state index in [4.69, 9.17) is 11.6 Å². The number of halogens is 1. The van der Waals surface area contributed by atoms with Crippen molar-refractivity contribution in [1.82, 2.24) is 4.98 Å². The summed E-state index contributed by atoms with van der Waals surface area (Å²) in [6.07, 6.45) is 4.90. The van der Waals surface area contributed by atoms with Crippen LogP contribution in [0.3, 0.4) is 0 Å². The van der Waals surface area contributed by atoms with E-state index in [1.807, 2.05) is 36.4 Å². The average Bonchev–Trinajstić information content (AvgIpc) is 2.84. The molecule has 1 aromatic heterocycles. The Morgan fingerprint density at radius 3 is 2.36 bits per heavy atom. The number of hydrogen-bond donors (Lipinski definition) is 0. The first-order chi connectivity index (χ1) is 10.8. The maximum atomic E-state index is 9.42. The maximum Gasteiger partial charge on any atom is 0.149 e. The summed E-state index contributed by atoms with van der Waals surface area (Å²) >= 11 is 6.28. The normalized spacial score (nSPS) is 15.2. The number of nitrogens with zero attached hydrogens (tertiary/aromatic N) is 3. The number of nitriles is 1. The Morgan fingerprint density at radius 2 is 1.73 bits per heavy atom. The fourth-order valence-electron chi connectivity index (χ4n) is 2.91. The number of anilines is 1. The van der Waals surface area contributed by atoms with Crippen LogP contribution in [0.4, 0.5) is 5.82 Å². The van der Waals surface area contributed by atoms with E-state index in [2.05, 4.69) is 16.0 Å². The minimum atomic E-state index is 0.295. The van der Waals surface area contributed by atoms with Gasteiger partial charge in [0.25, 0.3) is 0 Å². The molecule has 0 atom stereocenters. The fourth-order valence-corrected chi connectivity index (χ4v) is 3.15. The molecule has 2 heterocycles. The topological polar surface area (TPSA) is 39.9 Å². The summed E-state index contributed by atoms with van der Waals surface area (Å²) in [5, 5.41) is 9.71. The number of benzene rings is 1. The van der Waals surface area contributed by atoms with Gasteiger partial charge in [0, 0.05) is 18.7 Å². The molecular formula is C18H18ClN3. The van der Waals surface area contributed by atoms with Crippen LogP contribution in [0.2, 0.25) is 5.15 Å². The van der Waals surface area contributed by atoms with E-state index in [0.717, 1.165) is 30.0 Å². The molecule has 0 saturated carbocycles. The molecule has 1 aromatic carbocycles. The first-order valence-electron chi connectivity index (χ1n) is 7.70. The standard InChI is InChI=1S/C18H18ClN3/c19-18-16(13-20)15(14-8-4-3-5-9-14)12-17(21-18)22-10-6-1-2-7-11-22/h3-5,8-9,12H,1-2,6-7,10-11H2. The lowest BCUT2D eigenvalue weighted by Crippen LogP contribution is -2.25. The van der Waals surface area contributed by atoms with Crippen LogP contribution in [0.1, 0.15) is 31.2 Å². The van der Waals surface area contributed by atoms with Gasteiger partial charge < -0.3 is 4.90 Å². The zero-order valence-electron chi connectivity index (χ0n) is 12.4. The molecule has 1 saturated heterocycles. The average molecular weight is 312 g/mol. The van der Waals surface area contributed by atoms with Crippen molar-refractivity contribution in [1.29, 1.82) is 5.26 Å². The second kappa shape index (κ2) is 6.81. The molecule has 4 heteroatoms. The highest BCUT2D eigenvalue weighted by atomic mass is 35.5. The summed E-state index contributed by atoms with van der Waals surface area (Å²) in [6.45, 7) is 2.01. The second-order valence-corrected chi connectivity index (χ2v) is 5.93. The van der Waals surface area contributed by atoms with Gasteiger partial charge in [0.05, 0.1) is 5.56 Å². The zero-order valence-corrected chi connectivity index (χ0v) is 13.2. The van der Waals surface area contributed by atoms with E-state index in [-0.39, 0.29) is 0 Å². The summed E-state index contributed by atoms with van der Waals surface area (Å²) < 4.78 is 0. The molecular weight excluding hydrogens is 294 g/mol. The Balaban J connectivity index is 2.06. The summed E-state index contributed by atoms with van der Waals surface area (Å²) in [7, 11) is 0. The van der Waals surface area contributed by atoms with Crippen molar-refractivity contribution in [2.45, 2.75) is 25.7 Å². The van der Waals surface area contributed by atoms with Gasteiger partial charge in [-0.2, -0.15) is 5.26 Å². The third-order valence-electron chi connectivity index (χ3n) is 4.09. The smallest absolute Gasteiger partial charge is 0.149 e. The highest BCUT2D eigenvalue weighted by Crippen LogP contribution is 2.32. The van der Waals surface area contributed by atoms with Gasteiger partial charge in [-0.15, -0.1) is 0 Å². The van der Waals surface area contributed by atoms with E-state index >= 15 is 0 Å². The Morgan fingerprint density at radius 1 is 1.05 bits per heavy atom. The van der Waals surface area contributed by atoms with Crippen LogP contribution in [0, 0.1) is 11.3 Å². The molecule has 3 nitrogen and oxygen atoms in total. The number of hydrogen-bond acceptors (Lipinski definition) is 3. The molecule has 22 heavy (non-hydrogen) atoms. The number of pyridine rings is 1. The van der Waals surface area contributed by atoms with Gasteiger partial charge in [0.1, 0.15) is 17.0 Å². The van der Waals surface area contributed by atoms with Crippen molar-refractivity contribution in [3.63, 3.8) is 0 Å². The van der Waals surface area contributed by atoms with E-state index in [0.29, 0.717) is 10.7 Å². The molecule has 1 aliphatic heterocycles. The van der Waals surface area contributed by atoms with Crippen LogP contribution >= 0.6 is 11.6 Å². The zero-order chi connectivity index (χ0) is 15.4. The van der Waals surface area contributed by atoms with Gasteiger partial charge >= 0.3 is 0 Å². The van der Waals surface area contributed by atoms with Crippen molar-refractivity contribution in [2.75, 3.05) is 18.0 Å². The van der Waals surface area contributed by atoms with E-state index < -0.39 is 0 Å². The molecule has 0 aliphatic carbocycles. The van der Waals surface area contributed by atoms with Gasteiger partial charge in [0.2, 0.25) is 0 Å². The maximum absolute atomic E-state index is 9.42. The molecule has 0 N–H and O–H groups in total. The minimum absolute atomic E-state index is 0.295. The minimum Gasteiger partial charge on any atom is -0.357 e.